The molecule has 6 rings (SSSR count). The smallest absolute Gasteiger partial charge is 0.329 e. The average molecular weight is 1100 g/mol. The first-order valence-corrected chi connectivity index (χ1v) is 27.0. The molecular weight excluding hydrogens is 1040 g/mol. The zero-order chi connectivity index (χ0) is 56.6. The predicted molar refractivity (Wildman–Crippen MR) is 284 cm³/mol. The van der Waals surface area contributed by atoms with Gasteiger partial charge in [-0.2, -0.15) is 0 Å². The van der Waals surface area contributed by atoms with Gasteiger partial charge in [-0.1, -0.05) is 52.0 Å². The molecule has 2 bridgehead atoms. The fraction of sp³-hybridized carbons (Fsp3) is 0.490. The van der Waals surface area contributed by atoms with Gasteiger partial charge >= 0.3 is 11.9 Å². The molecule has 4 aromatic rings. The van der Waals surface area contributed by atoms with Crippen LogP contribution >= 0.6 is 23.5 Å². The Morgan fingerprint density at radius 3 is 1.43 bits per heavy atom. The maximum absolute atomic E-state index is 15.2. The fourth-order valence-electron chi connectivity index (χ4n) is 8.88. The van der Waals surface area contributed by atoms with Gasteiger partial charge in [0.2, 0.25) is 35.4 Å². The number of hydrogen-bond donors (Lipinski definition) is 4. The van der Waals surface area contributed by atoms with Gasteiger partial charge in [0.15, 0.2) is 0 Å². The Morgan fingerprint density at radius 1 is 0.610 bits per heavy atom. The maximum Gasteiger partial charge on any atom is 0.329 e. The third-order valence-electron chi connectivity index (χ3n) is 13.2. The number of ether oxygens (including phenoxy) is 2. The molecule has 0 radical (unpaired) electrons. The lowest BCUT2D eigenvalue weighted by Gasteiger charge is -2.40. The first-order valence-electron chi connectivity index (χ1n) is 24.7. The minimum atomic E-state index is -1.66. The van der Waals surface area contributed by atoms with E-state index >= 15 is 9.59 Å². The molecule has 2 saturated heterocycles. The molecule has 4 N–H and O–H groups in total. The summed E-state index contributed by atoms with van der Waals surface area (Å²) >= 11 is 2.16. The van der Waals surface area contributed by atoms with Crippen molar-refractivity contribution in [1.82, 2.24) is 60.8 Å². The number of esters is 2. The number of rotatable bonds is 7. The third-order valence-corrected chi connectivity index (χ3v) is 16.0. The van der Waals surface area contributed by atoms with E-state index in [0.717, 1.165) is 43.1 Å². The number of aromatic nitrogens is 4. The lowest BCUT2D eigenvalue weighted by molar-refractivity contribution is -0.160. The number of benzene rings is 2. The molecule has 412 valence electrons. The molecule has 2 aromatic heterocycles. The quantitative estimate of drug-likeness (QED) is 0.185. The van der Waals surface area contributed by atoms with Crippen LogP contribution in [0.2, 0.25) is 0 Å². The largest absolute Gasteiger partial charge is 0.461 e. The van der Waals surface area contributed by atoms with Crippen LogP contribution in [0, 0.1) is 11.8 Å². The van der Waals surface area contributed by atoms with Crippen LogP contribution in [0.25, 0.3) is 22.1 Å². The van der Waals surface area contributed by atoms with Crippen LogP contribution in [0.15, 0.2) is 60.9 Å². The highest BCUT2D eigenvalue weighted by Gasteiger charge is 2.45. The fourth-order valence-corrected chi connectivity index (χ4v) is 11.4. The summed E-state index contributed by atoms with van der Waals surface area (Å²) in [7, 11) is 5.32. The number of para-hydroxylation sites is 4. The van der Waals surface area contributed by atoms with Crippen molar-refractivity contribution in [2.24, 2.45) is 11.8 Å². The molecule has 0 saturated carbocycles. The zero-order valence-corrected chi connectivity index (χ0v) is 46.2. The van der Waals surface area contributed by atoms with Gasteiger partial charge in [-0.25, -0.2) is 19.6 Å². The molecule has 9 atom stereocenters. The van der Waals surface area contributed by atoms with Gasteiger partial charge in [-0.05, 0) is 56.2 Å². The second-order valence-corrected chi connectivity index (χ2v) is 21.8. The third kappa shape index (κ3) is 13.6. The number of thioether (sulfide) groups is 2. The Labute approximate surface area is 453 Å². The summed E-state index contributed by atoms with van der Waals surface area (Å²) in [5, 5.41) is 10.2. The van der Waals surface area contributed by atoms with E-state index in [9.17, 15) is 38.4 Å². The first-order chi connectivity index (χ1) is 36.4. The molecule has 0 aliphatic carbocycles. The summed E-state index contributed by atoms with van der Waals surface area (Å²) in [6.07, 6.45) is 4.06. The predicted octanol–water partition coefficient (Wildman–Crippen LogP) is 0.635. The molecule has 2 aliphatic rings. The molecule has 26 heteroatoms. The Bertz CT molecular complexity index is 2930. The van der Waals surface area contributed by atoms with E-state index in [-0.39, 0.29) is 17.1 Å². The molecule has 0 spiro atoms. The number of amides is 8. The highest BCUT2D eigenvalue weighted by atomic mass is 32.2. The Hall–Kier alpha value is -7.48. The van der Waals surface area contributed by atoms with E-state index in [2.05, 4.69) is 41.2 Å². The summed E-state index contributed by atoms with van der Waals surface area (Å²) in [5.41, 5.74) is 1.38. The summed E-state index contributed by atoms with van der Waals surface area (Å²) in [6, 6.07) is 1.79. The van der Waals surface area contributed by atoms with Crippen LogP contribution < -0.4 is 21.3 Å². The number of hydrogen-bond acceptors (Lipinski definition) is 18. The van der Waals surface area contributed by atoms with Crippen molar-refractivity contribution in [2.75, 3.05) is 53.4 Å². The van der Waals surface area contributed by atoms with Crippen molar-refractivity contribution in [2.45, 2.75) is 94.5 Å². The first kappa shape index (κ1) is 58.8. The van der Waals surface area contributed by atoms with Crippen molar-refractivity contribution in [3.8, 4) is 0 Å². The second kappa shape index (κ2) is 25.6. The number of nitrogens with zero attached hydrogens (tertiary/aromatic N) is 8. The summed E-state index contributed by atoms with van der Waals surface area (Å²) in [5.74, 6) is -10.4. The summed E-state index contributed by atoms with van der Waals surface area (Å²) in [4.78, 5) is 166. The molecule has 0 unspecified atom stereocenters. The van der Waals surface area contributed by atoms with Crippen LogP contribution in [-0.2, 0) is 47.8 Å². The van der Waals surface area contributed by atoms with Crippen molar-refractivity contribution < 1.29 is 57.4 Å². The number of carbonyl (C=O) groups is 10. The Balaban J connectivity index is 1.43. The number of cyclic esters (lactones) is 2. The minimum absolute atomic E-state index is 0.182. The van der Waals surface area contributed by atoms with Gasteiger partial charge in [-0.3, -0.25) is 48.3 Å². The van der Waals surface area contributed by atoms with Crippen LogP contribution in [0.1, 0.15) is 62.5 Å². The minimum Gasteiger partial charge on any atom is -0.461 e. The highest BCUT2D eigenvalue weighted by molar-refractivity contribution is 8.16. The maximum atomic E-state index is 15.2. The number of nitrogens with one attached hydrogen (secondary N) is 4. The van der Waals surface area contributed by atoms with E-state index in [1.807, 2.05) is 0 Å². The lowest BCUT2D eigenvalue weighted by atomic mass is 10.0. The van der Waals surface area contributed by atoms with Crippen LogP contribution in [0.3, 0.4) is 0 Å². The zero-order valence-electron chi connectivity index (χ0n) is 44.5. The Morgan fingerprint density at radius 2 is 1.01 bits per heavy atom. The topological polar surface area (TPSA) is 302 Å². The van der Waals surface area contributed by atoms with Crippen molar-refractivity contribution in [3.63, 3.8) is 0 Å². The van der Waals surface area contributed by atoms with Gasteiger partial charge in [0.05, 0.1) is 39.0 Å². The van der Waals surface area contributed by atoms with Crippen molar-refractivity contribution >= 4 is 105 Å². The average Bonchev–Trinajstić information content (AvgIpc) is 3.40. The van der Waals surface area contributed by atoms with Crippen LogP contribution in [0.5, 0.6) is 0 Å². The van der Waals surface area contributed by atoms with Gasteiger partial charge in [-0.15, -0.1) is 23.5 Å². The van der Waals surface area contributed by atoms with E-state index in [0.29, 0.717) is 22.1 Å². The molecule has 2 fully saturated rings. The highest BCUT2D eigenvalue weighted by Crippen LogP contribution is 2.32. The van der Waals surface area contributed by atoms with Crippen molar-refractivity contribution in [1.29, 1.82) is 0 Å². The van der Waals surface area contributed by atoms with E-state index in [1.165, 1.54) is 54.4 Å². The van der Waals surface area contributed by atoms with E-state index in [1.54, 1.807) is 82.5 Å². The van der Waals surface area contributed by atoms with Gasteiger partial charge < -0.3 is 50.3 Å². The van der Waals surface area contributed by atoms with Crippen LogP contribution in [0.4, 0.5) is 0 Å². The van der Waals surface area contributed by atoms with Gasteiger partial charge in [0.25, 0.3) is 11.8 Å². The second-order valence-electron chi connectivity index (χ2n) is 19.3. The lowest BCUT2D eigenvalue weighted by Crippen LogP contribution is -2.60. The number of likely N-dealkylation sites (N-methyl/N-ethyl adjacent to an activating group) is 4. The molecule has 77 heavy (non-hydrogen) atoms. The van der Waals surface area contributed by atoms with E-state index in [4.69, 9.17) is 9.47 Å². The molecule has 4 heterocycles. The van der Waals surface area contributed by atoms with Crippen molar-refractivity contribution in [3.05, 3.63) is 72.3 Å². The van der Waals surface area contributed by atoms with Crippen LogP contribution in [-0.4, -0.2) is 205 Å². The molecule has 8 amide bonds. The monoisotopic (exact) mass is 1100 g/mol. The van der Waals surface area contributed by atoms with Gasteiger partial charge in [0.1, 0.15) is 72.9 Å². The molecule has 2 aliphatic heterocycles. The molecule has 24 nitrogen and oxygen atoms in total. The standard InChI is InChI=1S/C51H64N12O12S2/c1-25(2)38-49(72)74-22-36(59-42(65)34-21-53-30-17-13-15-19-32(30)57-34)44(67)55-28(6)46(69)63(10)40-48(71)62(9)39(26(3)4)50(73)75-23-35(58-41(64)33-20-52-29-16-12-14-18-31(29)56-33)43(66)54-27(5)45(68)60(7)37(47(70)61(38)8)24-77-51(40)76-11/h12-21,25-28,35-40,51H,22-24H2,1-11H3,(H,54,66)(H,55,67)(H,58,64)(H,59,65)/t27-,28-,35-,36+,37-,38+,39+,40-,51+/m1/s1. The van der Waals surface area contributed by atoms with E-state index < -0.39 is 137 Å². The molecular formula is C51H64N12O12S2. The summed E-state index contributed by atoms with van der Waals surface area (Å²) in [6.45, 7) is 7.69. The number of carbonyl (C=O) groups excluding carboxylic acids is 10. The van der Waals surface area contributed by atoms with Gasteiger partial charge in [0, 0.05) is 33.9 Å². The summed E-state index contributed by atoms with van der Waals surface area (Å²) < 4.78 is 10.5. The number of fused-ring (bicyclic) bond motifs is 6. The molecule has 2 aromatic carbocycles. The SMILES string of the molecule is CS[C@H]1SC[C@@H]2C(=O)N(C)[C@@H](C(C)C)C(=O)OC[C@H](NC(=O)c3cnc4ccccc4n3)C(=O)N[C@H](C)C(=O)N(C)[C@@H]1C(=O)N(C)[C@@H](C(C)C)C(=O)OC[C@@H](NC(=O)c1cnc3ccccc3n1)C(=O)N[C@H](C)C(=O)N2C. The Kier molecular flexibility index (Phi) is 19.5. The normalized spacial score (nSPS) is 25.4.